The van der Waals surface area contributed by atoms with E-state index in [4.69, 9.17) is 0 Å². The second kappa shape index (κ2) is 6.17. The summed E-state index contributed by atoms with van der Waals surface area (Å²) in [4.78, 5) is 11.4. The van der Waals surface area contributed by atoms with Crippen molar-refractivity contribution < 1.29 is 13.2 Å². The van der Waals surface area contributed by atoms with Gasteiger partial charge in [-0.3, -0.25) is 4.79 Å². The van der Waals surface area contributed by atoms with Gasteiger partial charge in [0.25, 0.3) is 0 Å². The first-order chi connectivity index (χ1) is 7.53. The summed E-state index contributed by atoms with van der Waals surface area (Å²) in [5.41, 5.74) is 0. The number of amides is 1. The van der Waals surface area contributed by atoms with E-state index in [1.807, 2.05) is 0 Å². The fourth-order valence-electron chi connectivity index (χ4n) is 1.65. The van der Waals surface area contributed by atoms with Crippen LogP contribution in [-0.2, 0) is 14.8 Å². The molecule has 0 aromatic rings. The largest absolute Gasteiger partial charge is 0.355 e. The second-order valence-electron chi connectivity index (χ2n) is 3.87. The second-order valence-corrected chi connectivity index (χ2v) is 5.92. The minimum Gasteiger partial charge on any atom is -0.355 e. The summed E-state index contributed by atoms with van der Waals surface area (Å²) in [6.45, 7) is 1.13. The molecule has 0 aromatic heterocycles. The van der Waals surface area contributed by atoms with Gasteiger partial charge in [-0.25, -0.2) is 13.1 Å². The number of nitrogens with one attached hydrogen (secondary N) is 3. The van der Waals surface area contributed by atoms with Crippen LogP contribution in [0.3, 0.4) is 0 Å². The van der Waals surface area contributed by atoms with E-state index in [-0.39, 0.29) is 24.2 Å². The van der Waals surface area contributed by atoms with E-state index in [1.54, 1.807) is 0 Å². The Morgan fingerprint density at radius 1 is 1.50 bits per heavy atom. The standard InChI is InChI=1S/C9H19N3O3S/c1-10-16(14,15)6-5-12-9(13)7-8-3-2-4-11-8/h8,10-11H,2-7H2,1H3,(H,12,13). The summed E-state index contributed by atoms with van der Waals surface area (Å²) in [7, 11) is -1.86. The molecule has 0 radical (unpaired) electrons. The van der Waals surface area contributed by atoms with Crippen LogP contribution < -0.4 is 15.4 Å². The van der Waals surface area contributed by atoms with E-state index in [1.165, 1.54) is 7.05 Å². The molecule has 0 bridgehead atoms. The zero-order chi connectivity index (χ0) is 12.0. The Morgan fingerprint density at radius 3 is 2.81 bits per heavy atom. The molecule has 1 aliphatic rings. The van der Waals surface area contributed by atoms with Crippen molar-refractivity contribution >= 4 is 15.9 Å². The Bertz CT molecular complexity index is 323. The average Bonchev–Trinajstić information content (AvgIpc) is 2.70. The highest BCUT2D eigenvalue weighted by Crippen LogP contribution is 2.07. The summed E-state index contributed by atoms with van der Waals surface area (Å²) >= 11 is 0. The molecule has 0 spiro atoms. The lowest BCUT2D eigenvalue weighted by Crippen LogP contribution is -2.36. The van der Waals surface area contributed by atoms with E-state index < -0.39 is 10.0 Å². The van der Waals surface area contributed by atoms with E-state index in [2.05, 4.69) is 15.4 Å². The first kappa shape index (κ1) is 13.4. The van der Waals surface area contributed by atoms with Crippen molar-refractivity contribution in [1.29, 1.82) is 0 Å². The third-order valence-corrected chi connectivity index (χ3v) is 3.96. The molecule has 1 heterocycles. The van der Waals surface area contributed by atoms with Crippen LogP contribution in [0.5, 0.6) is 0 Å². The van der Waals surface area contributed by atoms with E-state index >= 15 is 0 Å². The fraction of sp³-hybridized carbons (Fsp3) is 0.889. The SMILES string of the molecule is CNS(=O)(=O)CCNC(=O)CC1CCCN1. The molecule has 0 aliphatic carbocycles. The van der Waals surface area contributed by atoms with Crippen LogP contribution in [0.25, 0.3) is 0 Å². The third kappa shape index (κ3) is 4.91. The molecule has 1 amide bonds. The van der Waals surface area contributed by atoms with Crippen molar-refractivity contribution in [3.8, 4) is 0 Å². The summed E-state index contributed by atoms with van der Waals surface area (Å²) in [6.07, 6.45) is 2.55. The minimum absolute atomic E-state index is 0.0761. The zero-order valence-electron chi connectivity index (χ0n) is 9.45. The molecule has 1 rings (SSSR count). The zero-order valence-corrected chi connectivity index (χ0v) is 10.3. The van der Waals surface area contributed by atoms with Gasteiger partial charge in [-0.05, 0) is 26.4 Å². The van der Waals surface area contributed by atoms with Gasteiger partial charge in [0.2, 0.25) is 15.9 Å². The summed E-state index contributed by atoms with van der Waals surface area (Å²) in [6, 6.07) is 0.251. The molecule has 7 heteroatoms. The van der Waals surface area contributed by atoms with Gasteiger partial charge < -0.3 is 10.6 Å². The van der Waals surface area contributed by atoms with E-state index in [0.717, 1.165) is 19.4 Å². The number of sulfonamides is 1. The molecule has 0 saturated carbocycles. The molecule has 0 aromatic carbocycles. The highest BCUT2D eigenvalue weighted by Gasteiger charge is 2.17. The number of carbonyl (C=O) groups is 1. The highest BCUT2D eigenvalue weighted by atomic mass is 32.2. The predicted molar refractivity (Wildman–Crippen MR) is 61.5 cm³/mol. The first-order valence-corrected chi connectivity index (χ1v) is 7.10. The van der Waals surface area contributed by atoms with Crippen LogP contribution in [0, 0.1) is 0 Å². The monoisotopic (exact) mass is 249 g/mol. The first-order valence-electron chi connectivity index (χ1n) is 5.45. The van der Waals surface area contributed by atoms with Crippen molar-refractivity contribution in [3.63, 3.8) is 0 Å². The molecule has 1 atom stereocenters. The fourth-order valence-corrected chi connectivity index (χ4v) is 2.23. The van der Waals surface area contributed by atoms with Crippen LogP contribution in [0.2, 0.25) is 0 Å². The van der Waals surface area contributed by atoms with Crippen molar-refractivity contribution in [2.75, 3.05) is 25.9 Å². The average molecular weight is 249 g/mol. The summed E-state index contributed by atoms with van der Waals surface area (Å²) in [5.74, 6) is -0.168. The van der Waals surface area contributed by atoms with Gasteiger partial charge in [0.15, 0.2) is 0 Å². The Hall–Kier alpha value is -0.660. The Kier molecular flexibility index (Phi) is 5.17. The molecule has 3 N–H and O–H groups in total. The van der Waals surface area contributed by atoms with Crippen LogP contribution >= 0.6 is 0 Å². The lowest BCUT2D eigenvalue weighted by molar-refractivity contribution is -0.121. The van der Waals surface area contributed by atoms with Gasteiger partial charge >= 0.3 is 0 Å². The van der Waals surface area contributed by atoms with Gasteiger partial charge in [0.05, 0.1) is 5.75 Å². The third-order valence-electron chi connectivity index (χ3n) is 2.60. The topological polar surface area (TPSA) is 87.3 Å². The smallest absolute Gasteiger partial charge is 0.221 e. The molecular weight excluding hydrogens is 230 g/mol. The normalized spacial score (nSPS) is 20.9. The molecule has 94 valence electrons. The van der Waals surface area contributed by atoms with Gasteiger partial charge in [0.1, 0.15) is 0 Å². The molecule has 1 fully saturated rings. The van der Waals surface area contributed by atoms with Crippen LogP contribution in [0.1, 0.15) is 19.3 Å². The van der Waals surface area contributed by atoms with Gasteiger partial charge in [-0.2, -0.15) is 0 Å². The maximum absolute atomic E-state index is 11.4. The Morgan fingerprint density at radius 2 is 2.25 bits per heavy atom. The van der Waals surface area contributed by atoms with Gasteiger partial charge in [-0.15, -0.1) is 0 Å². The Balaban J connectivity index is 2.15. The quantitative estimate of drug-likeness (QED) is 0.551. The molecule has 6 nitrogen and oxygen atoms in total. The number of hydrogen-bond donors (Lipinski definition) is 3. The number of carbonyl (C=O) groups excluding carboxylic acids is 1. The number of hydrogen-bond acceptors (Lipinski definition) is 4. The maximum atomic E-state index is 11.4. The molecule has 16 heavy (non-hydrogen) atoms. The highest BCUT2D eigenvalue weighted by molar-refractivity contribution is 7.89. The van der Waals surface area contributed by atoms with Gasteiger partial charge in [0, 0.05) is 19.0 Å². The van der Waals surface area contributed by atoms with Crippen molar-refractivity contribution in [1.82, 2.24) is 15.4 Å². The van der Waals surface area contributed by atoms with Crippen LogP contribution in [0.4, 0.5) is 0 Å². The molecule has 1 unspecified atom stereocenters. The summed E-state index contributed by atoms with van der Waals surface area (Å²) in [5, 5.41) is 5.82. The van der Waals surface area contributed by atoms with Crippen molar-refractivity contribution in [2.45, 2.75) is 25.3 Å². The lowest BCUT2D eigenvalue weighted by Gasteiger charge is -2.10. The predicted octanol–water partition coefficient (Wildman–Crippen LogP) is -1.21. The van der Waals surface area contributed by atoms with Crippen LogP contribution in [-0.4, -0.2) is 46.3 Å². The maximum Gasteiger partial charge on any atom is 0.221 e. The van der Waals surface area contributed by atoms with Crippen molar-refractivity contribution in [2.24, 2.45) is 0 Å². The van der Waals surface area contributed by atoms with Crippen molar-refractivity contribution in [3.05, 3.63) is 0 Å². The van der Waals surface area contributed by atoms with Crippen LogP contribution in [0.15, 0.2) is 0 Å². The molecular formula is C9H19N3O3S. The minimum atomic E-state index is -3.22. The van der Waals surface area contributed by atoms with E-state index in [0.29, 0.717) is 6.42 Å². The number of rotatable bonds is 6. The van der Waals surface area contributed by atoms with E-state index in [9.17, 15) is 13.2 Å². The summed E-state index contributed by atoms with van der Waals surface area (Å²) < 4.78 is 24.3. The molecule has 1 saturated heterocycles. The lowest BCUT2D eigenvalue weighted by atomic mass is 10.1. The van der Waals surface area contributed by atoms with Gasteiger partial charge in [-0.1, -0.05) is 0 Å². The molecule has 1 aliphatic heterocycles. The Labute approximate surface area is 96.2 Å².